The lowest BCUT2D eigenvalue weighted by molar-refractivity contribution is -0.144. The maximum atomic E-state index is 15.0. The lowest BCUT2D eigenvalue weighted by Gasteiger charge is -2.38. The molecular weight excluding hydrogens is 1200 g/mol. The van der Waals surface area contributed by atoms with Crippen molar-refractivity contribution in [3.05, 3.63) is 117 Å². The third-order valence-electron chi connectivity index (χ3n) is 18.1. The number of thiophene rings is 1. The highest BCUT2D eigenvalue weighted by Crippen LogP contribution is 2.59. The Labute approximate surface area is 524 Å². The molecule has 4 saturated heterocycles. The van der Waals surface area contributed by atoms with Gasteiger partial charge in [0.1, 0.15) is 30.2 Å². The van der Waals surface area contributed by atoms with Gasteiger partial charge in [-0.1, -0.05) is 75.9 Å². The number of carbonyl (C=O) groups excluding carboxylic acids is 8. The Hall–Kier alpha value is -7.88. The first-order valence-electron chi connectivity index (χ1n) is 30.6. The third-order valence-corrected chi connectivity index (χ3v) is 20.2. The van der Waals surface area contributed by atoms with E-state index < -0.39 is 84.6 Å². The van der Waals surface area contributed by atoms with Gasteiger partial charge in [0.05, 0.1) is 4.88 Å². The number of carbonyl (C=O) groups is 8. The zero-order chi connectivity index (χ0) is 64.4. The molecule has 5 aromatic rings. The van der Waals surface area contributed by atoms with Crippen molar-refractivity contribution in [2.75, 3.05) is 38.5 Å². The number of imidazole rings is 1. The molecule has 3 aromatic carbocycles. The zero-order valence-electron chi connectivity index (χ0n) is 50.7. The Bertz CT molecular complexity index is 3710. The van der Waals surface area contributed by atoms with Crippen molar-refractivity contribution in [1.29, 1.82) is 0 Å². The number of likely N-dealkylation sites (N-methyl/N-ethyl adjacent to an activating group) is 1. The van der Waals surface area contributed by atoms with Crippen molar-refractivity contribution in [2.45, 2.75) is 159 Å². The number of nitrogens with zero attached hydrogens (tertiary/aromatic N) is 6. The molecule has 10 rings (SSSR count). The van der Waals surface area contributed by atoms with Crippen molar-refractivity contribution < 1.29 is 61.5 Å². The molecule has 5 aliphatic heterocycles. The van der Waals surface area contributed by atoms with Crippen LogP contribution >= 0.6 is 18.9 Å². The van der Waals surface area contributed by atoms with Crippen LogP contribution in [0.25, 0.3) is 10.1 Å². The number of likely N-dealkylation sites (tertiary alicyclic amines) is 1. The van der Waals surface area contributed by atoms with E-state index in [0.717, 1.165) is 46.6 Å². The van der Waals surface area contributed by atoms with E-state index in [1.807, 2.05) is 42.2 Å². The summed E-state index contributed by atoms with van der Waals surface area (Å²) in [5, 5.41) is 11.3. The first-order valence-corrected chi connectivity index (χ1v) is 33.0. The van der Waals surface area contributed by atoms with Crippen LogP contribution in [0.3, 0.4) is 0 Å². The maximum Gasteiger partial charge on any atom is 0.399 e. The van der Waals surface area contributed by atoms with Crippen molar-refractivity contribution in [3.63, 3.8) is 0 Å². The first-order chi connectivity index (χ1) is 42.8. The number of hydrogen-bond donors (Lipinski definition) is 7. The summed E-state index contributed by atoms with van der Waals surface area (Å²) in [4.78, 5) is 141. The summed E-state index contributed by atoms with van der Waals surface area (Å²) in [6.07, 6.45) is 7.65. The second kappa shape index (κ2) is 26.9. The second-order valence-corrected chi connectivity index (χ2v) is 27.8. The van der Waals surface area contributed by atoms with E-state index in [-0.39, 0.29) is 97.0 Å². The average Bonchev–Trinajstić information content (AvgIpc) is 1.69. The standard InChI is InChI=1S/C64H76F2N11O11PS/c1-5-73-28-25-44-18-19-51(77(44)61(85)49(37-73)71-58(82)53-35-41-34-43(17-21-52(41)90-53)64(65,66)89(86,87)88)57(81)69-47(26-31-75-32-27-68-62(75)67)55(79)70-48(33-39-13-15-42(16-14-39)63(2,3)4)60(84)74-29-23-38(24-30-74)9-6-7-10-40-11-8-12-45-46(40)36-76(59(45)83)50-20-22-54(78)72-56(50)80/h8,11-17,21,27,32,34-35,38,44,47-51H,5-6,9,18-20,22-26,28-31,33,36-37H2,1-4H3,(H2,67,68)(H,69,81)(H,70,79)(H,71,82)(H,72,78,80)(H2,86,87,88)/t44-,47+,48+,49+,50?,51+/m1/s1. The van der Waals surface area contributed by atoms with Gasteiger partial charge >= 0.3 is 13.3 Å². The van der Waals surface area contributed by atoms with Crippen LogP contribution < -0.4 is 27.0 Å². The fraction of sp³-hybridized carbons (Fsp3) is 0.484. The summed E-state index contributed by atoms with van der Waals surface area (Å²) in [5.74, 6) is 3.12. The lowest BCUT2D eigenvalue weighted by Crippen LogP contribution is -2.62. The highest BCUT2D eigenvalue weighted by atomic mass is 32.1. The molecule has 1 unspecified atom stereocenters. The molecule has 7 heterocycles. The van der Waals surface area contributed by atoms with E-state index in [1.54, 1.807) is 27.8 Å². The van der Waals surface area contributed by atoms with Crippen molar-refractivity contribution >= 4 is 82.2 Å². The van der Waals surface area contributed by atoms with Crippen molar-refractivity contribution in [2.24, 2.45) is 5.92 Å². The zero-order valence-corrected chi connectivity index (χ0v) is 52.4. The molecular formula is C64H76F2N11O11PS. The van der Waals surface area contributed by atoms with Gasteiger partial charge in [0.15, 0.2) is 5.95 Å². The molecule has 478 valence electrons. The van der Waals surface area contributed by atoms with Crippen LogP contribution in [0.15, 0.2) is 79.1 Å². The van der Waals surface area contributed by atoms with E-state index in [2.05, 4.69) is 58.9 Å². The molecule has 0 bridgehead atoms. The van der Waals surface area contributed by atoms with E-state index in [1.165, 1.54) is 28.1 Å². The molecule has 4 fully saturated rings. The largest absolute Gasteiger partial charge is 0.399 e. The Kier molecular flexibility index (Phi) is 19.5. The summed E-state index contributed by atoms with van der Waals surface area (Å²) in [6, 6.07) is 12.0. The molecule has 0 saturated carbocycles. The number of aryl methyl sites for hydroxylation is 1. The number of halogens is 2. The van der Waals surface area contributed by atoms with Gasteiger partial charge in [0.25, 0.3) is 11.8 Å². The second-order valence-electron chi connectivity index (χ2n) is 25.0. The van der Waals surface area contributed by atoms with Crippen molar-refractivity contribution in [1.82, 2.24) is 50.4 Å². The van der Waals surface area contributed by atoms with E-state index in [9.17, 15) is 61.5 Å². The van der Waals surface area contributed by atoms with Crippen LogP contribution in [-0.2, 0) is 63.9 Å². The Morgan fingerprint density at radius 3 is 2.34 bits per heavy atom. The minimum Gasteiger partial charge on any atom is -0.369 e. The van der Waals surface area contributed by atoms with Gasteiger partial charge in [-0.05, 0) is 122 Å². The Balaban J connectivity index is 0.826. The third kappa shape index (κ3) is 14.3. The van der Waals surface area contributed by atoms with Gasteiger partial charge in [-0.2, -0.15) is 8.78 Å². The predicted octanol–water partition coefficient (Wildman–Crippen LogP) is 5.52. The molecule has 2 aromatic heterocycles. The van der Waals surface area contributed by atoms with Gasteiger partial charge in [-0.3, -0.25) is 48.2 Å². The average molecular weight is 1280 g/mol. The highest BCUT2D eigenvalue weighted by molar-refractivity contribution is 7.52. The molecule has 8 N–H and O–H groups in total. The number of fused-ring (bicyclic) bond motifs is 3. The van der Waals surface area contributed by atoms with Gasteiger partial charge in [-0.25, -0.2) is 4.98 Å². The molecule has 5 aliphatic rings. The van der Waals surface area contributed by atoms with Gasteiger partial charge < -0.3 is 55.6 Å². The normalized spacial score (nSPS) is 21.0. The number of nitrogen functional groups attached to an aromatic ring is 1. The minimum absolute atomic E-state index is 0.0150. The fourth-order valence-corrected chi connectivity index (χ4v) is 14.2. The van der Waals surface area contributed by atoms with Crippen LogP contribution in [0, 0.1) is 17.8 Å². The number of alkyl halides is 2. The first kappa shape index (κ1) is 65.1. The summed E-state index contributed by atoms with van der Waals surface area (Å²) in [5.41, 5.74) is 4.48. The summed E-state index contributed by atoms with van der Waals surface area (Å²) >= 11 is 0.947. The Morgan fingerprint density at radius 2 is 1.66 bits per heavy atom. The molecule has 0 aliphatic carbocycles. The van der Waals surface area contributed by atoms with Crippen molar-refractivity contribution in [3.8, 4) is 11.8 Å². The quantitative estimate of drug-likeness (QED) is 0.0323. The van der Waals surface area contributed by atoms with Crippen LogP contribution in [-0.4, -0.2) is 155 Å². The number of rotatable bonds is 18. The predicted molar refractivity (Wildman–Crippen MR) is 331 cm³/mol. The number of hydrogen-bond acceptors (Lipinski definition) is 13. The minimum atomic E-state index is -5.87. The number of amides is 8. The smallest absolute Gasteiger partial charge is 0.369 e. The van der Waals surface area contributed by atoms with Crippen LogP contribution in [0.4, 0.5) is 14.7 Å². The Morgan fingerprint density at radius 1 is 0.911 bits per heavy atom. The number of nitrogens with two attached hydrogens (primary N) is 1. The van der Waals surface area contributed by atoms with E-state index >= 15 is 0 Å². The number of imide groups is 1. The number of anilines is 1. The van der Waals surface area contributed by atoms with Crippen LogP contribution in [0.1, 0.15) is 140 Å². The molecule has 6 atom stereocenters. The molecule has 26 heteroatoms. The number of benzene rings is 3. The van der Waals surface area contributed by atoms with E-state index in [4.69, 9.17) is 5.73 Å². The summed E-state index contributed by atoms with van der Waals surface area (Å²) in [6.45, 7) is 10.6. The summed E-state index contributed by atoms with van der Waals surface area (Å²) in [7, 11) is -5.87. The fourth-order valence-electron chi connectivity index (χ4n) is 12.8. The van der Waals surface area contributed by atoms with Gasteiger partial charge in [-0.15, -0.1) is 11.3 Å². The monoisotopic (exact) mass is 1280 g/mol. The highest BCUT2D eigenvalue weighted by Gasteiger charge is 2.51. The molecule has 22 nitrogen and oxygen atoms in total. The number of piperidine rings is 2. The van der Waals surface area contributed by atoms with Crippen LogP contribution in [0.2, 0.25) is 0 Å². The lowest BCUT2D eigenvalue weighted by atomic mass is 9.86. The molecule has 8 amide bonds. The molecule has 90 heavy (non-hydrogen) atoms. The van der Waals surface area contributed by atoms with Crippen LogP contribution in [0.5, 0.6) is 0 Å². The van der Waals surface area contributed by atoms with E-state index in [0.29, 0.717) is 74.1 Å². The topological polar surface area (TPSA) is 299 Å². The molecule has 0 radical (unpaired) electrons. The number of aromatic nitrogens is 2. The maximum absolute atomic E-state index is 15.0. The SMILES string of the molecule is CCN1CC[C@H]2CC[C@@H](C(=O)N[C@@H](CCn3ccnc3N)C(=O)N[C@@H](Cc3ccc(C(C)(C)C)cc3)C(=O)N3CCC(CCC#Cc4cccc5c4CN(C4CCC(=O)NC4=O)C5=O)CC3)N2C(=O)[C@@H](NC(=O)c2cc3cc(C(F)(F)P(=O)(O)O)ccc3s2)C1. The molecule has 0 spiro atoms. The number of nitrogens with one attached hydrogen (secondary N) is 4. The van der Waals surface area contributed by atoms with Gasteiger partial charge in [0.2, 0.25) is 35.4 Å². The van der Waals surface area contributed by atoms with Gasteiger partial charge in [0, 0.05) is 98.4 Å². The summed E-state index contributed by atoms with van der Waals surface area (Å²) < 4.78 is 43.0.